The van der Waals surface area contributed by atoms with Crippen molar-refractivity contribution in [3.8, 4) is 11.5 Å². The highest BCUT2D eigenvalue weighted by atomic mass is 35.5. The van der Waals surface area contributed by atoms with Crippen LogP contribution in [0.4, 0.5) is 5.69 Å². The summed E-state index contributed by atoms with van der Waals surface area (Å²) in [7, 11) is 1.66. The Labute approximate surface area is 225 Å². The standard InChI is InChI=1S/C28H27Cl2N3O4/c1-27(2)11-17-10-21(36-5)25-18(12-28(3,4)37-25)22(17)23(32-27)15-7-6-8-16(9-15)26(34)31-24-19(29)13-33(35)14-20(24)30/h6-10,13-14H,11-12H2,1-5H3,(H,31,34). The van der Waals surface area contributed by atoms with Gasteiger partial charge in [0, 0.05) is 28.7 Å². The van der Waals surface area contributed by atoms with Crippen molar-refractivity contribution in [3.63, 3.8) is 0 Å². The lowest BCUT2D eigenvalue weighted by Gasteiger charge is -2.31. The van der Waals surface area contributed by atoms with E-state index in [4.69, 9.17) is 37.7 Å². The Morgan fingerprint density at radius 1 is 1.14 bits per heavy atom. The number of nitrogens with zero attached hydrogens (tertiary/aromatic N) is 2. The molecule has 0 bridgehead atoms. The number of rotatable bonds is 4. The summed E-state index contributed by atoms with van der Waals surface area (Å²) >= 11 is 12.3. The SMILES string of the molecule is COc1cc2c(c3c1OC(C)(C)C3)C(c1cccc(C(=O)Nc3c(Cl)c[n+]([O-])cc3Cl)c1)=NC(C)(C)C2. The average molecular weight is 540 g/mol. The highest BCUT2D eigenvalue weighted by Gasteiger charge is 2.39. The third kappa shape index (κ3) is 4.74. The number of fused-ring (bicyclic) bond motifs is 3. The Hall–Kier alpha value is -3.29. The molecule has 1 amide bonds. The molecule has 2 aromatic carbocycles. The Morgan fingerprint density at radius 2 is 1.84 bits per heavy atom. The van der Waals surface area contributed by atoms with Gasteiger partial charge >= 0.3 is 0 Å². The van der Waals surface area contributed by atoms with E-state index in [2.05, 4.69) is 33.0 Å². The van der Waals surface area contributed by atoms with E-state index in [1.165, 1.54) is 0 Å². The number of ether oxygens (including phenoxy) is 2. The van der Waals surface area contributed by atoms with Gasteiger partial charge in [0.15, 0.2) is 11.5 Å². The van der Waals surface area contributed by atoms with E-state index in [-0.39, 0.29) is 26.9 Å². The Bertz CT molecular complexity index is 1460. The van der Waals surface area contributed by atoms with Gasteiger partial charge < -0.3 is 20.0 Å². The molecule has 0 radical (unpaired) electrons. The molecule has 0 spiro atoms. The zero-order valence-corrected chi connectivity index (χ0v) is 22.8. The second-order valence-corrected chi connectivity index (χ2v) is 11.4. The van der Waals surface area contributed by atoms with Crippen molar-refractivity contribution in [2.75, 3.05) is 12.4 Å². The van der Waals surface area contributed by atoms with Crippen LogP contribution in [0.15, 0.2) is 47.7 Å². The summed E-state index contributed by atoms with van der Waals surface area (Å²) in [6.45, 7) is 8.30. The molecule has 0 saturated carbocycles. The first-order valence-electron chi connectivity index (χ1n) is 11.9. The molecule has 2 aliphatic heterocycles. The number of benzene rings is 2. The molecule has 0 saturated heterocycles. The van der Waals surface area contributed by atoms with Crippen LogP contribution in [0, 0.1) is 5.21 Å². The number of carbonyl (C=O) groups is 1. The van der Waals surface area contributed by atoms with Gasteiger partial charge in [0.05, 0.1) is 24.0 Å². The molecule has 192 valence electrons. The van der Waals surface area contributed by atoms with Crippen LogP contribution in [0.2, 0.25) is 10.0 Å². The molecule has 0 aliphatic carbocycles. The first-order chi connectivity index (χ1) is 17.4. The summed E-state index contributed by atoms with van der Waals surface area (Å²) in [5, 5.41) is 14.4. The first kappa shape index (κ1) is 25.4. The van der Waals surface area contributed by atoms with E-state index in [0.717, 1.165) is 58.3 Å². The third-order valence-corrected chi connectivity index (χ3v) is 7.07. The summed E-state index contributed by atoms with van der Waals surface area (Å²) < 4.78 is 12.5. The van der Waals surface area contributed by atoms with Crippen molar-refractivity contribution in [1.82, 2.24) is 0 Å². The van der Waals surface area contributed by atoms with Crippen molar-refractivity contribution in [2.45, 2.75) is 51.7 Å². The number of methoxy groups -OCH3 is 1. The fourth-order valence-corrected chi connectivity index (χ4v) is 5.59. The van der Waals surface area contributed by atoms with Crippen molar-refractivity contribution in [2.24, 2.45) is 4.99 Å². The molecule has 0 fully saturated rings. The van der Waals surface area contributed by atoms with Gasteiger partial charge in [-0.05, 0) is 57.9 Å². The van der Waals surface area contributed by atoms with E-state index < -0.39 is 5.91 Å². The predicted molar refractivity (Wildman–Crippen MR) is 145 cm³/mol. The zero-order chi connectivity index (χ0) is 26.7. The van der Waals surface area contributed by atoms with Crippen molar-refractivity contribution in [3.05, 3.63) is 85.8 Å². The number of halogens is 2. The van der Waals surface area contributed by atoms with E-state index in [1.807, 2.05) is 18.2 Å². The highest BCUT2D eigenvalue weighted by molar-refractivity contribution is 6.39. The maximum absolute atomic E-state index is 13.2. The molecular formula is C28H27Cl2N3O4. The molecule has 5 rings (SSSR count). The lowest BCUT2D eigenvalue weighted by atomic mass is 9.80. The minimum absolute atomic E-state index is 0.0476. The molecule has 9 heteroatoms. The van der Waals surface area contributed by atoms with Crippen LogP contribution in [0.1, 0.15) is 60.3 Å². The molecule has 3 aromatic rings. The lowest BCUT2D eigenvalue weighted by molar-refractivity contribution is -0.605. The normalized spacial score (nSPS) is 16.8. The summed E-state index contributed by atoms with van der Waals surface area (Å²) in [4.78, 5) is 18.3. The Morgan fingerprint density at radius 3 is 2.51 bits per heavy atom. The number of amides is 1. The second kappa shape index (κ2) is 8.92. The van der Waals surface area contributed by atoms with Gasteiger partial charge in [-0.25, -0.2) is 0 Å². The van der Waals surface area contributed by atoms with Gasteiger partial charge in [-0.15, -0.1) is 0 Å². The van der Waals surface area contributed by atoms with E-state index in [0.29, 0.717) is 16.7 Å². The number of pyridine rings is 1. The van der Waals surface area contributed by atoms with Gasteiger partial charge in [-0.1, -0.05) is 35.3 Å². The van der Waals surface area contributed by atoms with Gasteiger partial charge in [0.1, 0.15) is 15.6 Å². The number of aliphatic imine (C=N–C) groups is 1. The van der Waals surface area contributed by atoms with E-state index in [1.54, 1.807) is 19.2 Å². The molecule has 7 nitrogen and oxygen atoms in total. The summed E-state index contributed by atoms with van der Waals surface area (Å²) in [6.07, 6.45) is 3.73. The molecule has 3 heterocycles. The second-order valence-electron chi connectivity index (χ2n) is 10.6. The average Bonchev–Trinajstić information content (AvgIpc) is 3.14. The number of anilines is 1. The Balaban J connectivity index is 1.59. The molecule has 2 aliphatic rings. The van der Waals surface area contributed by atoms with Gasteiger partial charge in [0.25, 0.3) is 5.91 Å². The molecule has 0 unspecified atom stereocenters. The molecule has 1 N–H and O–H groups in total. The van der Waals surface area contributed by atoms with Crippen LogP contribution < -0.4 is 19.5 Å². The Kier molecular flexibility index (Phi) is 6.12. The number of aromatic nitrogens is 1. The summed E-state index contributed by atoms with van der Waals surface area (Å²) in [5.74, 6) is 1.06. The fraction of sp³-hybridized carbons (Fsp3) is 0.321. The highest BCUT2D eigenvalue weighted by Crippen LogP contribution is 2.47. The topological polar surface area (TPSA) is 86.9 Å². The number of nitrogens with one attached hydrogen (secondary N) is 1. The molecule has 0 atom stereocenters. The van der Waals surface area contributed by atoms with E-state index >= 15 is 0 Å². The van der Waals surface area contributed by atoms with Crippen LogP contribution in [-0.2, 0) is 12.8 Å². The monoisotopic (exact) mass is 539 g/mol. The van der Waals surface area contributed by atoms with Crippen LogP contribution >= 0.6 is 23.2 Å². The molecular weight excluding hydrogens is 513 g/mol. The van der Waals surface area contributed by atoms with Gasteiger partial charge in [0.2, 0.25) is 12.4 Å². The zero-order valence-electron chi connectivity index (χ0n) is 21.2. The van der Waals surface area contributed by atoms with Gasteiger partial charge in [-0.3, -0.25) is 9.79 Å². The molecule has 37 heavy (non-hydrogen) atoms. The van der Waals surface area contributed by atoms with E-state index in [9.17, 15) is 10.0 Å². The third-order valence-electron chi connectivity index (χ3n) is 6.50. The largest absolute Gasteiger partial charge is 0.619 e. The quantitative estimate of drug-likeness (QED) is 0.336. The number of hydrogen-bond acceptors (Lipinski definition) is 5. The summed E-state index contributed by atoms with van der Waals surface area (Å²) in [5.41, 5.74) is 4.70. The van der Waals surface area contributed by atoms with Crippen molar-refractivity contribution in [1.29, 1.82) is 0 Å². The minimum Gasteiger partial charge on any atom is -0.619 e. The predicted octanol–water partition coefficient (Wildman–Crippen LogP) is 5.77. The van der Waals surface area contributed by atoms with Crippen molar-refractivity contribution >= 4 is 40.5 Å². The number of hydrogen-bond donors (Lipinski definition) is 1. The van der Waals surface area contributed by atoms with Crippen LogP contribution in [0.25, 0.3) is 0 Å². The van der Waals surface area contributed by atoms with Crippen LogP contribution in [0.5, 0.6) is 11.5 Å². The van der Waals surface area contributed by atoms with Crippen LogP contribution in [-0.4, -0.2) is 29.9 Å². The maximum Gasteiger partial charge on any atom is 0.255 e. The number of carbonyl (C=O) groups excluding carboxylic acids is 1. The minimum atomic E-state index is -0.408. The maximum atomic E-state index is 13.2. The first-order valence-corrected chi connectivity index (χ1v) is 12.6. The van der Waals surface area contributed by atoms with Gasteiger partial charge in [-0.2, -0.15) is 4.73 Å². The smallest absolute Gasteiger partial charge is 0.255 e. The fourth-order valence-electron chi connectivity index (χ4n) is 5.05. The van der Waals surface area contributed by atoms with Crippen LogP contribution in [0.3, 0.4) is 0 Å². The van der Waals surface area contributed by atoms with Crippen molar-refractivity contribution < 1.29 is 19.0 Å². The molecule has 1 aromatic heterocycles. The lowest BCUT2D eigenvalue weighted by Crippen LogP contribution is -2.31. The summed E-state index contributed by atoms with van der Waals surface area (Å²) in [6, 6.07) is 9.32.